The van der Waals surface area contributed by atoms with Crippen LogP contribution >= 0.6 is 24.4 Å². The first kappa shape index (κ1) is 16.2. The molecule has 4 unspecified atom stereocenters. The third-order valence-electron chi connectivity index (χ3n) is 4.24. The highest BCUT2D eigenvalue weighted by molar-refractivity contribution is 7.79. The van der Waals surface area contributed by atoms with Gasteiger partial charge in [0.15, 0.2) is 0 Å². The molecule has 18 heavy (non-hydrogen) atoms. The van der Waals surface area contributed by atoms with Crippen LogP contribution in [-0.4, -0.2) is 34.2 Å². The van der Waals surface area contributed by atoms with Gasteiger partial charge in [-0.25, -0.2) is 0 Å². The van der Waals surface area contributed by atoms with E-state index in [1.54, 1.807) is 0 Å². The molecule has 0 aromatic rings. The molecule has 1 aliphatic rings. The molecule has 1 rings (SSSR count). The third-order valence-corrected chi connectivity index (χ3v) is 4.94. The van der Waals surface area contributed by atoms with Crippen molar-refractivity contribution in [3.63, 3.8) is 0 Å². The Balaban J connectivity index is 2.58. The lowest BCUT2D eigenvalue weighted by molar-refractivity contribution is 0.165. The molecule has 0 amide bonds. The summed E-state index contributed by atoms with van der Waals surface area (Å²) in [7, 11) is 0. The summed E-state index contributed by atoms with van der Waals surface area (Å²) in [4.78, 5) is 0. The molecule has 0 bridgehead atoms. The summed E-state index contributed by atoms with van der Waals surface area (Å²) >= 11 is 10.2. The fraction of sp³-hybridized carbons (Fsp3) is 0.857. The molecule has 0 spiro atoms. The normalized spacial score (nSPS) is 27.4. The first-order valence-corrected chi connectivity index (χ1v) is 7.83. The molecular formula is C14H24O2S2. The Labute approximate surface area is 121 Å². The molecule has 0 aliphatic heterocycles. The number of aliphatic hydroxyl groups excluding tert-OH is 2. The first-order chi connectivity index (χ1) is 8.76. The Bertz CT molecular complexity index is 234. The van der Waals surface area contributed by atoms with Gasteiger partial charge >= 0.3 is 0 Å². The third kappa shape index (κ3) is 4.65. The van der Waals surface area contributed by atoms with Gasteiger partial charge in [-0.2, -0.15) is 0 Å². The van der Waals surface area contributed by atoms with E-state index in [4.69, 9.17) is 34.6 Å². The monoisotopic (exact) mass is 288 g/mol. The van der Waals surface area contributed by atoms with Gasteiger partial charge in [0, 0.05) is 13.2 Å². The molecule has 4 heteroatoms. The highest BCUT2D eigenvalue weighted by Crippen LogP contribution is 2.38. The minimum absolute atomic E-state index is 0.214. The predicted molar refractivity (Wildman–Crippen MR) is 83.1 cm³/mol. The van der Waals surface area contributed by atoms with E-state index in [-0.39, 0.29) is 13.2 Å². The summed E-state index contributed by atoms with van der Waals surface area (Å²) in [5, 5.41) is 21.8. The summed E-state index contributed by atoms with van der Waals surface area (Å²) in [5.74, 6) is 1.88. The fourth-order valence-electron chi connectivity index (χ4n) is 3.17. The zero-order chi connectivity index (χ0) is 13.4. The van der Waals surface area contributed by atoms with Gasteiger partial charge in [0.2, 0.25) is 0 Å². The van der Waals surface area contributed by atoms with Crippen molar-refractivity contribution in [2.45, 2.75) is 38.5 Å². The van der Waals surface area contributed by atoms with Crippen molar-refractivity contribution in [2.24, 2.45) is 23.7 Å². The molecule has 0 heterocycles. The zero-order valence-corrected chi connectivity index (χ0v) is 12.5. The van der Waals surface area contributed by atoms with Gasteiger partial charge in [0.1, 0.15) is 0 Å². The van der Waals surface area contributed by atoms with Crippen molar-refractivity contribution in [1.82, 2.24) is 0 Å². The Kier molecular flexibility index (Phi) is 8.15. The van der Waals surface area contributed by atoms with Crippen molar-refractivity contribution >= 4 is 35.2 Å². The van der Waals surface area contributed by atoms with Crippen LogP contribution in [0, 0.1) is 23.7 Å². The average Bonchev–Trinajstić information content (AvgIpc) is 2.42. The molecule has 0 aromatic carbocycles. The number of thiocarbonyl (C=S) groups is 2. The van der Waals surface area contributed by atoms with Crippen LogP contribution in [-0.2, 0) is 0 Å². The maximum atomic E-state index is 9.08. The molecule has 4 atom stereocenters. The zero-order valence-electron chi connectivity index (χ0n) is 10.8. The highest BCUT2D eigenvalue weighted by atomic mass is 32.1. The Hall–Kier alpha value is 0.100. The van der Waals surface area contributed by atoms with Crippen LogP contribution < -0.4 is 0 Å². The summed E-state index contributed by atoms with van der Waals surface area (Å²) in [6.07, 6.45) is 6.32. The van der Waals surface area contributed by atoms with E-state index in [0.717, 1.165) is 19.3 Å². The van der Waals surface area contributed by atoms with Gasteiger partial charge in [-0.1, -0.05) is 30.9 Å². The molecule has 0 radical (unpaired) electrons. The van der Waals surface area contributed by atoms with Crippen LogP contribution in [0.25, 0.3) is 0 Å². The van der Waals surface area contributed by atoms with Crippen LogP contribution in [0.15, 0.2) is 0 Å². The van der Waals surface area contributed by atoms with E-state index in [0.29, 0.717) is 23.7 Å². The number of rotatable bonds is 8. The molecule has 1 saturated carbocycles. The van der Waals surface area contributed by atoms with Crippen molar-refractivity contribution in [2.75, 3.05) is 13.2 Å². The first-order valence-electron chi connectivity index (χ1n) is 6.89. The van der Waals surface area contributed by atoms with Crippen molar-refractivity contribution in [3.05, 3.63) is 0 Å². The second-order valence-electron chi connectivity index (χ2n) is 5.31. The van der Waals surface area contributed by atoms with E-state index in [1.165, 1.54) is 19.3 Å². The van der Waals surface area contributed by atoms with E-state index in [1.807, 2.05) is 10.7 Å². The number of aliphatic hydroxyl groups is 2. The molecule has 2 N–H and O–H groups in total. The van der Waals surface area contributed by atoms with Crippen LogP contribution in [0.4, 0.5) is 0 Å². The number of hydrogen-bond donors (Lipinski definition) is 2. The standard InChI is InChI=1S/C14H24O2S2/c15-6-4-13(9-17)11-2-1-3-12(8-11)14(10-18)5-7-16/h9-16H,1-8H2. The van der Waals surface area contributed by atoms with Gasteiger partial charge < -0.3 is 10.2 Å². The molecule has 0 saturated heterocycles. The summed E-state index contributed by atoms with van der Waals surface area (Å²) in [6.45, 7) is 0.429. The van der Waals surface area contributed by atoms with Gasteiger partial charge in [0.25, 0.3) is 0 Å². The summed E-state index contributed by atoms with van der Waals surface area (Å²) in [5.41, 5.74) is 0. The van der Waals surface area contributed by atoms with Gasteiger partial charge in [-0.3, -0.25) is 0 Å². The number of hydrogen-bond acceptors (Lipinski definition) is 4. The van der Waals surface area contributed by atoms with E-state index < -0.39 is 0 Å². The molecule has 1 aliphatic carbocycles. The maximum absolute atomic E-state index is 9.08. The molecular weight excluding hydrogens is 264 g/mol. The van der Waals surface area contributed by atoms with Crippen LogP contribution in [0.1, 0.15) is 38.5 Å². The van der Waals surface area contributed by atoms with Crippen LogP contribution in [0.3, 0.4) is 0 Å². The second-order valence-corrected chi connectivity index (χ2v) is 5.86. The van der Waals surface area contributed by atoms with Crippen LogP contribution in [0.5, 0.6) is 0 Å². The lowest BCUT2D eigenvalue weighted by atomic mass is 9.70. The van der Waals surface area contributed by atoms with Gasteiger partial charge in [-0.05, 0) is 66.5 Å². The maximum Gasteiger partial charge on any atom is 0.0437 e. The van der Waals surface area contributed by atoms with E-state index >= 15 is 0 Å². The minimum atomic E-state index is 0.214. The fourth-order valence-corrected chi connectivity index (χ4v) is 3.89. The molecule has 2 nitrogen and oxygen atoms in total. The quantitative estimate of drug-likeness (QED) is 0.674. The topological polar surface area (TPSA) is 40.5 Å². The Morgan fingerprint density at radius 2 is 1.39 bits per heavy atom. The summed E-state index contributed by atoms with van der Waals surface area (Å²) < 4.78 is 0. The molecule has 0 aromatic heterocycles. The lowest BCUT2D eigenvalue weighted by Crippen LogP contribution is -2.29. The van der Waals surface area contributed by atoms with Crippen molar-refractivity contribution in [3.8, 4) is 0 Å². The smallest absolute Gasteiger partial charge is 0.0437 e. The second kappa shape index (κ2) is 9.08. The Morgan fingerprint density at radius 3 is 1.72 bits per heavy atom. The Morgan fingerprint density at radius 1 is 0.944 bits per heavy atom. The van der Waals surface area contributed by atoms with Crippen LogP contribution in [0.2, 0.25) is 0 Å². The predicted octanol–water partition coefficient (Wildman–Crippen LogP) is 2.79. The molecule has 1 fully saturated rings. The largest absolute Gasteiger partial charge is 0.396 e. The lowest BCUT2D eigenvalue weighted by Gasteiger charge is -2.35. The average molecular weight is 288 g/mol. The van der Waals surface area contributed by atoms with Crippen molar-refractivity contribution < 1.29 is 10.2 Å². The van der Waals surface area contributed by atoms with E-state index in [9.17, 15) is 0 Å². The molecule has 104 valence electrons. The highest BCUT2D eigenvalue weighted by Gasteiger charge is 2.30. The minimum Gasteiger partial charge on any atom is -0.396 e. The van der Waals surface area contributed by atoms with Gasteiger partial charge in [-0.15, -0.1) is 0 Å². The van der Waals surface area contributed by atoms with Crippen molar-refractivity contribution in [1.29, 1.82) is 0 Å². The van der Waals surface area contributed by atoms with Gasteiger partial charge in [0.05, 0.1) is 0 Å². The summed E-state index contributed by atoms with van der Waals surface area (Å²) in [6, 6.07) is 0. The van der Waals surface area contributed by atoms with E-state index in [2.05, 4.69) is 0 Å². The SMILES string of the molecule is OCCC(C=S)C1CCCC(C(C=S)CCO)C1.